The van der Waals surface area contributed by atoms with Gasteiger partial charge in [-0.1, -0.05) is 15.9 Å². The highest BCUT2D eigenvalue weighted by molar-refractivity contribution is 9.10. The quantitative estimate of drug-likeness (QED) is 0.850. The van der Waals surface area contributed by atoms with Gasteiger partial charge in [-0.3, -0.25) is 9.69 Å². The number of carbonyl (C=O) groups is 1. The number of carboxylic acid groups (broad SMARTS) is 1. The second kappa shape index (κ2) is 7.37. The first kappa shape index (κ1) is 17.1. The SMILES string of the molecule is Cc1cc(Br)cc(CN2CCCC(C(=O)O)C2)c1OC(F)F. The molecule has 0 aromatic heterocycles. The highest BCUT2D eigenvalue weighted by atomic mass is 79.9. The molecular formula is C15H18BrF2NO3. The number of hydrogen-bond acceptors (Lipinski definition) is 3. The lowest BCUT2D eigenvalue weighted by Crippen LogP contribution is -2.38. The number of hydrogen-bond donors (Lipinski definition) is 1. The molecule has 1 heterocycles. The highest BCUT2D eigenvalue weighted by Gasteiger charge is 2.26. The van der Waals surface area contributed by atoms with E-state index in [2.05, 4.69) is 20.7 Å². The van der Waals surface area contributed by atoms with Crippen LogP contribution in [-0.4, -0.2) is 35.7 Å². The van der Waals surface area contributed by atoms with Crippen molar-refractivity contribution in [3.63, 3.8) is 0 Å². The third kappa shape index (κ3) is 4.39. The number of aliphatic carboxylic acids is 1. The molecule has 22 heavy (non-hydrogen) atoms. The van der Waals surface area contributed by atoms with E-state index in [0.717, 1.165) is 17.4 Å². The van der Waals surface area contributed by atoms with Crippen LogP contribution in [0.4, 0.5) is 8.78 Å². The molecule has 7 heteroatoms. The van der Waals surface area contributed by atoms with Gasteiger partial charge in [-0.25, -0.2) is 0 Å². The third-order valence-electron chi connectivity index (χ3n) is 3.77. The zero-order valence-electron chi connectivity index (χ0n) is 12.2. The molecule has 1 aliphatic rings. The lowest BCUT2D eigenvalue weighted by molar-refractivity contribution is -0.143. The van der Waals surface area contributed by atoms with Gasteiger partial charge in [0.25, 0.3) is 0 Å². The lowest BCUT2D eigenvalue weighted by atomic mass is 9.97. The van der Waals surface area contributed by atoms with Crippen molar-refractivity contribution in [1.29, 1.82) is 0 Å². The van der Waals surface area contributed by atoms with E-state index in [-0.39, 0.29) is 5.75 Å². The van der Waals surface area contributed by atoms with Crippen LogP contribution in [0.25, 0.3) is 0 Å². The van der Waals surface area contributed by atoms with Gasteiger partial charge >= 0.3 is 12.6 Å². The van der Waals surface area contributed by atoms with Crippen LogP contribution in [0.5, 0.6) is 5.75 Å². The van der Waals surface area contributed by atoms with Gasteiger partial charge in [-0.15, -0.1) is 0 Å². The van der Waals surface area contributed by atoms with E-state index in [0.29, 0.717) is 30.6 Å². The molecule has 0 amide bonds. The fourth-order valence-electron chi connectivity index (χ4n) is 2.82. The van der Waals surface area contributed by atoms with Gasteiger partial charge in [0.05, 0.1) is 5.92 Å². The molecule has 2 rings (SSSR count). The van der Waals surface area contributed by atoms with Crippen LogP contribution < -0.4 is 4.74 Å². The number of aryl methyl sites for hydroxylation is 1. The molecule has 1 aliphatic heterocycles. The fraction of sp³-hybridized carbons (Fsp3) is 0.533. The summed E-state index contributed by atoms with van der Waals surface area (Å²) < 4.78 is 30.6. The van der Waals surface area contributed by atoms with Crippen LogP contribution in [-0.2, 0) is 11.3 Å². The van der Waals surface area contributed by atoms with Gasteiger partial charge in [-0.2, -0.15) is 8.78 Å². The molecule has 122 valence electrons. The van der Waals surface area contributed by atoms with E-state index in [9.17, 15) is 13.6 Å². The number of likely N-dealkylation sites (tertiary alicyclic amines) is 1. The number of rotatable bonds is 5. The molecule has 0 saturated carbocycles. The summed E-state index contributed by atoms with van der Waals surface area (Å²) in [5.74, 6) is -1.03. The summed E-state index contributed by atoms with van der Waals surface area (Å²) >= 11 is 3.36. The van der Waals surface area contributed by atoms with Crippen molar-refractivity contribution < 1.29 is 23.4 Å². The number of carboxylic acids is 1. The summed E-state index contributed by atoms with van der Waals surface area (Å²) in [6, 6.07) is 3.46. The van der Waals surface area contributed by atoms with Gasteiger partial charge in [0, 0.05) is 23.1 Å². The summed E-state index contributed by atoms with van der Waals surface area (Å²) in [5, 5.41) is 9.13. The Labute approximate surface area is 136 Å². The van der Waals surface area contributed by atoms with Crippen LogP contribution in [0.1, 0.15) is 24.0 Å². The van der Waals surface area contributed by atoms with Gasteiger partial charge < -0.3 is 9.84 Å². The molecule has 4 nitrogen and oxygen atoms in total. The van der Waals surface area contributed by atoms with Crippen molar-refractivity contribution in [2.45, 2.75) is 32.9 Å². The molecule has 1 unspecified atom stereocenters. The largest absolute Gasteiger partial charge is 0.481 e. The van der Waals surface area contributed by atoms with E-state index >= 15 is 0 Å². The molecule has 0 radical (unpaired) electrons. The predicted octanol–water partition coefficient (Wildman–Crippen LogP) is 3.66. The van der Waals surface area contributed by atoms with E-state index in [1.165, 1.54) is 0 Å². The van der Waals surface area contributed by atoms with E-state index in [4.69, 9.17) is 5.11 Å². The van der Waals surface area contributed by atoms with Crippen LogP contribution in [0.15, 0.2) is 16.6 Å². The third-order valence-corrected chi connectivity index (χ3v) is 4.23. The molecule has 0 bridgehead atoms. The Balaban J connectivity index is 2.19. The predicted molar refractivity (Wildman–Crippen MR) is 81.1 cm³/mol. The van der Waals surface area contributed by atoms with Crippen molar-refractivity contribution in [2.24, 2.45) is 5.92 Å². The summed E-state index contributed by atoms with van der Waals surface area (Å²) in [4.78, 5) is 13.1. The number of halogens is 3. The van der Waals surface area contributed by atoms with Crippen molar-refractivity contribution in [2.75, 3.05) is 13.1 Å². The van der Waals surface area contributed by atoms with Crippen LogP contribution in [0.2, 0.25) is 0 Å². The number of benzene rings is 1. The van der Waals surface area contributed by atoms with Gasteiger partial charge in [0.1, 0.15) is 5.75 Å². The Morgan fingerprint density at radius 2 is 2.27 bits per heavy atom. The van der Waals surface area contributed by atoms with Gasteiger partial charge in [0.15, 0.2) is 0 Å². The Morgan fingerprint density at radius 1 is 1.55 bits per heavy atom. The first-order chi connectivity index (χ1) is 10.4. The van der Waals surface area contributed by atoms with Crippen molar-refractivity contribution in [1.82, 2.24) is 4.90 Å². The summed E-state index contributed by atoms with van der Waals surface area (Å²) in [6.07, 6.45) is 1.44. The normalized spacial score (nSPS) is 19.4. The maximum atomic E-state index is 12.6. The van der Waals surface area contributed by atoms with Crippen LogP contribution in [0.3, 0.4) is 0 Å². The van der Waals surface area contributed by atoms with E-state index in [1.807, 2.05) is 4.90 Å². The van der Waals surface area contributed by atoms with Crippen LogP contribution >= 0.6 is 15.9 Å². The number of ether oxygens (including phenoxy) is 1. The first-order valence-electron chi connectivity index (χ1n) is 7.06. The molecular weight excluding hydrogens is 360 g/mol. The monoisotopic (exact) mass is 377 g/mol. The van der Waals surface area contributed by atoms with Crippen molar-refractivity contribution >= 4 is 21.9 Å². The maximum absolute atomic E-state index is 12.6. The zero-order chi connectivity index (χ0) is 16.3. The molecule has 0 spiro atoms. The Kier molecular flexibility index (Phi) is 5.74. The Bertz CT molecular complexity index is 554. The molecule has 1 saturated heterocycles. The van der Waals surface area contributed by atoms with Gasteiger partial charge in [0.2, 0.25) is 0 Å². The lowest BCUT2D eigenvalue weighted by Gasteiger charge is -2.31. The summed E-state index contributed by atoms with van der Waals surface area (Å²) in [5.41, 5.74) is 1.26. The molecule has 0 aliphatic carbocycles. The highest BCUT2D eigenvalue weighted by Crippen LogP contribution is 2.31. The molecule has 1 N–H and O–H groups in total. The molecule has 1 aromatic rings. The van der Waals surface area contributed by atoms with Crippen LogP contribution in [0, 0.1) is 12.8 Å². The topological polar surface area (TPSA) is 49.8 Å². The minimum atomic E-state index is -2.88. The van der Waals surface area contributed by atoms with Crippen molar-refractivity contribution in [3.8, 4) is 5.75 Å². The van der Waals surface area contributed by atoms with E-state index in [1.54, 1.807) is 19.1 Å². The summed E-state index contributed by atoms with van der Waals surface area (Å²) in [7, 11) is 0. The second-order valence-corrected chi connectivity index (χ2v) is 6.42. The summed E-state index contributed by atoms with van der Waals surface area (Å²) in [6.45, 7) is 0.402. The molecule has 1 atom stereocenters. The minimum Gasteiger partial charge on any atom is -0.481 e. The number of nitrogens with zero attached hydrogens (tertiary/aromatic N) is 1. The fourth-order valence-corrected chi connectivity index (χ4v) is 3.44. The minimum absolute atomic E-state index is 0.177. The first-order valence-corrected chi connectivity index (χ1v) is 7.85. The van der Waals surface area contributed by atoms with Crippen molar-refractivity contribution in [3.05, 3.63) is 27.7 Å². The average molecular weight is 378 g/mol. The molecule has 1 aromatic carbocycles. The number of alkyl halides is 2. The Hall–Kier alpha value is -1.21. The Morgan fingerprint density at radius 3 is 2.91 bits per heavy atom. The average Bonchev–Trinajstić information content (AvgIpc) is 2.42. The van der Waals surface area contributed by atoms with E-state index < -0.39 is 18.5 Å². The molecule has 1 fully saturated rings. The zero-order valence-corrected chi connectivity index (χ0v) is 13.8. The number of piperidine rings is 1. The van der Waals surface area contributed by atoms with Gasteiger partial charge in [-0.05, 0) is 44.0 Å². The maximum Gasteiger partial charge on any atom is 0.387 e. The smallest absolute Gasteiger partial charge is 0.387 e. The second-order valence-electron chi connectivity index (χ2n) is 5.50. The standard InChI is InChI=1S/C15H18BrF2NO3/c1-9-5-12(16)6-11(13(9)22-15(17)18)8-19-4-2-3-10(7-19)14(20)21/h5-6,10,15H,2-4,7-8H2,1H3,(H,20,21).